The second-order valence-corrected chi connectivity index (χ2v) is 19.8. The van der Waals surface area contributed by atoms with Gasteiger partial charge >= 0.3 is 0 Å². The lowest BCUT2D eigenvalue weighted by molar-refractivity contribution is -0.385. The summed E-state index contributed by atoms with van der Waals surface area (Å²) in [7, 11) is 0. The van der Waals surface area contributed by atoms with E-state index in [4.69, 9.17) is 52.1 Å². The third-order valence-corrected chi connectivity index (χ3v) is 13.9. The molecule has 0 bridgehead atoms. The summed E-state index contributed by atoms with van der Waals surface area (Å²) in [6.07, 6.45) is -18.4. The van der Waals surface area contributed by atoms with Crippen LogP contribution in [0.25, 0.3) is 0 Å². The molecule has 0 unspecified atom stereocenters. The zero-order valence-corrected chi connectivity index (χ0v) is 44.4. The van der Waals surface area contributed by atoms with E-state index in [1.54, 1.807) is 0 Å². The van der Waals surface area contributed by atoms with E-state index in [0.717, 1.165) is 27.8 Å². The number of nitrogens with zero attached hydrogens (tertiary/aromatic N) is 1. The molecule has 0 spiro atoms. The monoisotopic (exact) mass is 1100 g/mol. The Morgan fingerprint density at radius 1 is 0.500 bits per heavy atom. The van der Waals surface area contributed by atoms with Gasteiger partial charge in [-0.05, 0) is 46.9 Å². The first-order valence-corrected chi connectivity index (χ1v) is 26.7. The Morgan fingerprint density at radius 2 is 0.938 bits per heavy atom. The standard InChI is InChI=1S/C61H68N2O17/c1-39-54(72-34-43-22-12-5-13-23-43)57(73-35-44-24-14-6-15-25-44)58(74-36-45-26-16-7-17-27-45)61(75-39)80-56-50(62-40(2)64)59(76-47-30-28-46(29-31-47)63(68)69)78-49(38-71-33-42-20-10-4-11-21-42)55(56)79-60-53(67)52(66)51(65)48(77-60)37-70-32-41-18-8-3-9-19-41/h3-31,39,48-61,65-67H,32-38H2,1-2H3,(H,62,64)/t39-,48-,49-,50-,51+,52+,53-,54+,55-,56-,57+,58-,59-,60-,61-/m1/s1. The van der Waals surface area contributed by atoms with Crippen LogP contribution in [-0.2, 0) is 85.2 Å². The van der Waals surface area contributed by atoms with Gasteiger partial charge in [-0.2, -0.15) is 0 Å². The van der Waals surface area contributed by atoms with Gasteiger partial charge in [-0.15, -0.1) is 0 Å². The molecule has 3 saturated heterocycles. The van der Waals surface area contributed by atoms with Crippen LogP contribution in [0.1, 0.15) is 41.7 Å². The maximum Gasteiger partial charge on any atom is 0.269 e. The predicted molar refractivity (Wildman–Crippen MR) is 288 cm³/mol. The summed E-state index contributed by atoms with van der Waals surface area (Å²) in [4.78, 5) is 24.8. The molecule has 424 valence electrons. The van der Waals surface area contributed by atoms with E-state index in [9.17, 15) is 30.2 Å². The molecule has 6 aromatic rings. The summed E-state index contributed by atoms with van der Waals surface area (Å²) in [5, 5.41) is 49.2. The number of hydrogen-bond acceptors (Lipinski definition) is 17. The fourth-order valence-corrected chi connectivity index (χ4v) is 9.82. The highest BCUT2D eigenvalue weighted by Crippen LogP contribution is 2.37. The van der Waals surface area contributed by atoms with Crippen molar-refractivity contribution in [2.45, 2.75) is 139 Å². The largest absolute Gasteiger partial charge is 0.463 e. The average molecular weight is 1100 g/mol. The molecule has 0 aliphatic carbocycles. The quantitative estimate of drug-likeness (QED) is 0.0344. The van der Waals surface area contributed by atoms with Crippen molar-refractivity contribution in [1.82, 2.24) is 5.32 Å². The summed E-state index contributed by atoms with van der Waals surface area (Å²) in [6, 6.07) is 51.6. The number of nitro groups is 1. The van der Waals surface area contributed by atoms with Gasteiger partial charge in [0.25, 0.3) is 5.69 Å². The van der Waals surface area contributed by atoms with Crippen LogP contribution in [0, 0.1) is 10.1 Å². The van der Waals surface area contributed by atoms with Crippen molar-refractivity contribution in [1.29, 1.82) is 0 Å². The molecule has 3 aliphatic rings. The number of carbonyl (C=O) groups is 1. The molecule has 3 aliphatic heterocycles. The molecular formula is C61H68N2O17. The summed E-state index contributed by atoms with van der Waals surface area (Å²) in [5.74, 6) is -0.405. The van der Waals surface area contributed by atoms with Crippen LogP contribution >= 0.6 is 0 Å². The number of amides is 1. The first-order chi connectivity index (χ1) is 39.0. The zero-order chi connectivity index (χ0) is 55.8. The van der Waals surface area contributed by atoms with Gasteiger partial charge in [0.2, 0.25) is 12.2 Å². The van der Waals surface area contributed by atoms with E-state index in [1.165, 1.54) is 31.2 Å². The number of ether oxygens (including phenoxy) is 11. The number of carbonyl (C=O) groups excluding carboxylic acids is 1. The predicted octanol–water partition coefficient (Wildman–Crippen LogP) is 6.72. The Morgan fingerprint density at radius 3 is 1.43 bits per heavy atom. The maximum absolute atomic E-state index is 13.6. The molecule has 19 nitrogen and oxygen atoms in total. The van der Waals surface area contributed by atoms with Gasteiger partial charge in [-0.3, -0.25) is 14.9 Å². The van der Waals surface area contributed by atoms with Crippen molar-refractivity contribution in [3.05, 3.63) is 214 Å². The van der Waals surface area contributed by atoms with Gasteiger partial charge in [-0.1, -0.05) is 152 Å². The third kappa shape index (κ3) is 15.7. The second-order valence-electron chi connectivity index (χ2n) is 19.8. The topological polar surface area (TPSA) is 234 Å². The highest BCUT2D eigenvalue weighted by atomic mass is 16.8. The minimum atomic E-state index is -1.85. The zero-order valence-electron chi connectivity index (χ0n) is 44.4. The molecule has 0 aromatic heterocycles. The molecule has 19 heteroatoms. The van der Waals surface area contributed by atoms with Crippen LogP contribution in [-0.4, -0.2) is 131 Å². The Hall–Kier alpha value is -6.53. The van der Waals surface area contributed by atoms with Crippen LogP contribution < -0.4 is 10.1 Å². The molecule has 0 radical (unpaired) electrons. The molecule has 4 N–H and O–H groups in total. The van der Waals surface area contributed by atoms with Gasteiger partial charge in [0.05, 0.1) is 57.3 Å². The lowest BCUT2D eigenvalue weighted by Gasteiger charge is -2.51. The summed E-state index contributed by atoms with van der Waals surface area (Å²) < 4.78 is 73.6. The van der Waals surface area contributed by atoms with E-state index >= 15 is 0 Å². The summed E-state index contributed by atoms with van der Waals surface area (Å²) in [5.41, 5.74) is 4.11. The van der Waals surface area contributed by atoms with Crippen molar-refractivity contribution < 1.29 is 77.1 Å². The summed E-state index contributed by atoms with van der Waals surface area (Å²) in [6.45, 7) is 3.38. The van der Waals surface area contributed by atoms with Crippen molar-refractivity contribution in [3.8, 4) is 5.75 Å². The Labute approximate surface area is 464 Å². The summed E-state index contributed by atoms with van der Waals surface area (Å²) >= 11 is 0. The van der Waals surface area contributed by atoms with Crippen molar-refractivity contribution in [3.63, 3.8) is 0 Å². The molecule has 3 heterocycles. The van der Waals surface area contributed by atoms with Gasteiger partial charge in [0, 0.05) is 19.1 Å². The van der Waals surface area contributed by atoms with Crippen molar-refractivity contribution in [2.24, 2.45) is 0 Å². The van der Waals surface area contributed by atoms with Crippen LogP contribution in [0.3, 0.4) is 0 Å². The van der Waals surface area contributed by atoms with Gasteiger partial charge < -0.3 is 72.7 Å². The number of benzene rings is 6. The fourth-order valence-electron chi connectivity index (χ4n) is 9.82. The van der Waals surface area contributed by atoms with Gasteiger partial charge in [-0.25, -0.2) is 0 Å². The number of hydrogen-bond donors (Lipinski definition) is 4. The SMILES string of the molecule is CC(=O)N[C@H]1[C@H](Oc2ccc([N+](=O)[O-])cc2)O[C@H](COCc2ccccc2)[C@@H](O[C@H]2O[C@H](COCc3ccccc3)[C@H](O)[C@H](O)[C@H]2O)[C@@H]1O[C@H]1O[C@H](C)[C@H](OCc2ccccc2)[C@H](OCc2ccccc2)[C@H]1OCc1ccccc1. The van der Waals surface area contributed by atoms with E-state index in [-0.39, 0.29) is 57.7 Å². The van der Waals surface area contributed by atoms with E-state index in [2.05, 4.69) is 5.32 Å². The van der Waals surface area contributed by atoms with Crippen LogP contribution in [0.15, 0.2) is 176 Å². The molecule has 9 rings (SSSR count). The molecular weight excluding hydrogens is 1030 g/mol. The van der Waals surface area contributed by atoms with E-state index in [1.807, 2.05) is 159 Å². The minimum absolute atomic E-state index is 0.0699. The normalized spacial score (nSPS) is 28.6. The number of nitro benzene ring substituents is 1. The van der Waals surface area contributed by atoms with Crippen LogP contribution in [0.2, 0.25) is 0 Å². The Balaban J connectivity index is 1.11. The Bertz CT molecular complexity index is 2790. The van der Waals surface area contributed by atoms with E-state index < -0.39 is 103 Å². The molecule has 6 aromatic carbocycles. The second kappa shape index (κ2) is 28.8. The van der Waals surface area contributed by atoms with Gasteiger partial charge in [0.1, 0.15) is 72.8 Å². The number of rotatable bonds is 25. The highest BCUT2D eigenvalue weighted by Gasteiger charge is 2.56. The number of aliphatic hydroxyl groups excluding tert-OH is 3. The molecule has 80 heavy (non-hydrogen) atoms. The first-order valence-electron chi connectivity index (χ1n) is 26.7. The lowest BCUT2D eigenvalue weighted by Crippen LogP contribution is -2.70. The smallest absolute Gasteiger partial charge is 0.269 e. The highest BCUT2D eigenvalue weighted by molar-refractivity contribution is 5.73. The molecule has 3 fully saturated rings. The number of non-ortho nitro benzene ring substituents is 1. The fraction of sp³-hybridized carbons (Fsp3) is 0.393. The van der Waals surface area contributed by atoms with Crippen molar-refractivity contribution >= 4 is 11.6 Å². The Kier molecular flexibility index (Phi) is 20.9. The van der Waals surface area contributed by atoms with Crippen LogP contribution in [0.4, 0.5) is 5.69 Å². The van der Waals surface area contributed by atoms with Gasteiger partial charge in [0.15, 0.2) is 12.6 Å². The van der Waals surface area contributed by atoms with Crippen LogP contribution in [0.5, 0.6) is 5.75 Å². The molecule has 1 amide bonds. The number of aliphatic hydroxyl groups is 3. The first kappa shape index (κ1) is 58.1. The molecule has 0 saturated carbocycles. The third-order valence-electron chi connectivity index (χ3n) is 13.9. The lowest BCUT2D eigenvalue weighted by atomic mass is 9.94. The minimum Gasteiger partial charge on any atom is -0.463 e. The van der Waals surface area contributed by atoms with Crippen molar-refractivity contribution in [2.75, 3.05) is 13.2 Å². The average Bonchev–Trinajstić information content (AvgIpc) is 3.57. The molecule has 15 atom stereocenters. The number of nitrogens with one attached hydrogen (secondary N) is 1. The van der Waals surface area contributed by atoms with E-state index in [0.29, 0.717) is 0 Å². The maximum atomic E-state index is 13.6.